The van der Waals surface area contributed by atoms with Gasteiger partial charge in [-0.3, -0.25) is 14.4 Å². The molecule has 1 saturated heterocycles. The number of phenolic OH excluding ortho intramolecular Hbond substituents is 1. The number of ether oxygens (including phenoxy) is 1. The summed E-state index contributed by atoms with van der Waals surface area (Å²) < 4.78 is 46.0. The summed E-state index contributed by atoms with van der Waals surface area (Å²) in [4.78, 5) is 37.4. The second-order valence-electron chi connectivity index (χ2n) is 8.75. The zero-order valence-electron chi connectivity index (χ0n) is 18.7. The van der Waals surface area contributed by atoms with Crippen LogP contribution in [0.3, 0.4) is 0 Å². The maximum Gasteiger partial charge on any atom is 0.395 e. The van der Waals surface area contributed by atoms with Gasteiger partial charge in [-0.15, -0.1) is 0 Å². The Morgan fingerprint density at radius 3 is 2.44 bits per heavy atom. The number of Topliss-reactive ketones (excluding diaryl/α,β-unsaturated/α-hetero) is 2. The molecule has 0 saturated carbocycles. The van der Waals surface area contributed by atoms with Crippen molar-refractivity contribution in [1.82, 2.24) is 0 Å². The number of nitrogens with two attached hydrogens (primary N) is 1. The zero-order valence-corrected chi connectivity index (χ0v) is 18.7. The lowest BCUT2D eigenvalue weighted by Gasteiger charge is -2.37. The first kappa shape index (κ1) is 23.8. The van der Waals surface area contributed by atoms with Crippen molar-refractivity contribution >= 4 is 17.5 Å². The standard InChI is InChI=1S/C22H18F3NO6.C2H6/c1-7(22(23,24)25)10-2-3-12(27)15-11(10)5-8-4-9-6-13(28)16(20(26)31)18(30)21(9)19(32-21)14(8)17(15)29;1-2/h2-3,7-9,27,30H,4-6H2,1H3,(H2,26,31);1-2H3/t7?,8?,9-,21+;/m0./s1. The topological polar surface area (TPSA) is 130 Å². The molecule has 1 aliphatic heterocycles. The summed E-state index contributed by atoms with van der Waals surface area (Å²) in [6.07, 6.45) is -4.46. The van der Waals surface area contributed by atoms with E-state index in [2.05, 4.69) is 0 Å². The number of carbonyl (C=O) groups excluding carboxylic acids is 3. The molecule has 1 amide bonds. The fraction of sp³-hybridized carbons (Fsp3) is 0.458. The number of halogens is 3. The first-order chi connectivity index (χ1) is 15.9. The van der Waals surface area contributed by atoms with E-state index < -0.39 is 64.1 Å². The Hall–Kier alpha value is -3.30. The van der Waals surface area contributed by atoms with E-state index in [0.29, 0.717) is 0 Å². The summed E-state index contributed by atoms with van der Waals surface area (Å²) in [5.74, 6) is -6.40. The van der Waals surface area contributed by atoms with Gasteiger partial charge >= 0.3 is 6.18 Å². The summed E-state index contributed by atoms with van der Waals surface area (Å²) in [6, 6.07) is 2.24. The van der Waals surface area contributed by atoms with Crippen LogP contribution in [0.4, 0.5) is 13.2 Å². The number of aliphatic hydroxyl groups is 1. The zero-order chi connectivity index (χ0) is 25.3. The van der Waals surface area contributed by atoms with E-state index in [4.69, 9.17) is 10.5 Å². The van der Waals surface area contributed by atoms with Crippen LogP contribution in [0.15, 0.2) is 34.8 Å². The predicted octanol–water partition coefficient (Wildman–Crippen LogP) is 3.75. The summed E-state index contributed by atoms with van der Waals surface area (Å²) in [5, 5.41) is 21.0. The number of aromatic hydroxyl groups is 1. The van der Waals surface area contributed by atoms with Crippen LogP contribution in [0.25, 0.3) is 0 Å². The highest BCUT2D eigenvalue weighted by Gasteiger charge is 2.71. The summed E-state index contributed by atoms with van der Waals surface area (Å²) >= 11 is 0. The van der Waals surface area contributed by atoms with E-state index in [0.717, 1.165) is 13.0 Å². The number of benzene rings is 1. The van der Waals surface area contributed by atoms with E-state index in [9.17, 15) is 37.8 Å². The molecule has 5 rings (SSSR count). The van der Waals surface area contributed by atoms with Crippen LogP contribution in [-0.2, 0) is 20.7 Å². The van der Waals surface area contributed by atoms with E-state index in [1.54, 1.807) is 0 Å². The molecular weight excluding hydrogens is 455 g/mol. The minimum Gasteiger partial charge on any atom is -0.507 e. The van der Waals surface area contributed by atoms with E-state index in [1.807, 2.05) is 13.8 Å². The van der Waals surface area contributed by atoms with Crippen LogP contribution in [0.5, 0.6) is 5.75 Å². The molecule has 1 aromatic carbocycles. The number of aliphatic hydroxyl groups excluding tert-OH is 1. The lowest BCUT2D eigenvalue weighted by atomic mass is 9.63. The van der Waals surface area contributed by atoms with Crippen molar-refractivity contribution < 1.29 is 42.5 Å². The van der Waals surface area contributed by atoms with Gasteiger partial charge in [0.2, 0.25) is 5.60 Å². The Kier molecular flexibility index (Phi) is 5.34. The summed E-state index contributed by atoms with van der Waals surface area (Å²) in [6.45, 7) is 5.00. The number of phenols is 1. The molecule has 0 aromatic heterocycles. The number of fused-ring (bicyclic) bond motifs is 2. The van der Waals surface area contributed by atoms with Crippen LogP contribution >= 0.6 is 0 Å². The van der Waals surface area contributed by atoms with E-state index in [-0.39, 0.29) is 47.3 Å². The molecule has 4 N–H and O–H groups in total. The number of primary amides is 1. The highest BCUT2D eigenvalue weighted by atomic mass is 19.4. The maximum atomic E-state index is 13.4. The van der Waals surface area contributed by atoms with Crippen molar-refractivity contribution in [2.24, 2.45) is 17.6 Å². The van der Waals surface area contributed by atoms with Crippen molar-refractivity contribution in [2.45, 2.75) is 57.7 Å². The minimum absolute atomic E-state index is 0.0430. The number of hydrogen-bond acceptors (Lipinski definition) is 6. The Balaban J connectivity index is 0.00000133. The minimum atomic E-state index is -4.54. The number of epoxide rings is 1. The second kappa shape index (κ2) is 7.61. The van der Waals surface area contributed by atoms with Gasteiger partial charge in [-0.2, -0.15) is 13.2 Å². The largest absolute Gasteiger partial charge is 0.507 e. The average molecular weight is 479 g/mol. The third-order valence-electron chi connectivity index (χ3n) is 7.11. The average Bonchev–Trinajstić information content (AvgIpc) is 3.50. The molecule has 2 unspecified atom stereocenters. The van der Waals surface area contributed by atoms with Gasteiger partial charge < -0.3 is 20.7 Å². The van der Waals surface area contributed by atoms with Crippen LogP contribution in [0, 0.1) is 11.8 Å². The van der Waals surface area contributed by atoms with Crippen molar-refractivity contribution in [3.8, 4) is 5.75 Å². The number of allylic oxidation sites excluding steroid dienone is 1. The van der Waals surface area contributed by atoms with Crippen LogP contribution in [0.1, 0.15) is 61.0 Å². The molecule has 182 valence electrons. The van der Waals surface area contributed by atoms with Gasteiger partial charge in [0, 0.05) is 17.9 Å². The molecule has 1 spiro atoms. The molecule has 1 fully saturated rings. The van der Waals surface area contributed by atoms with E-state index >= 15 is 0 Å². The van der Waals surface area contributed by atoms with Crippen molar-refractivity contribution in [1.29, 1.82) is 0 Å². The molecule has 1 aromatic rings. The number of alkyl halides is 3. The lowest BCUT2D eigenvalue weighted by Crippen LogP contribution is -2.43. The second-order valence-corrected chi connectivity index (χ2v) is 8.75. The molecule has 10 heteroatoms. The Labute approximate surface area is 193 Å². The molecule has 34 heavy (non-hydrogen) atoms. The first-order valence-electron chi connectivity index (χ1n) is 11.1. The predicted molar refractivity (Wildman–Crippen MR) is 113 cm³/mol. The fourth-order valence-electron chi connectivity index (χ4n) is 5.51. The number of ketones is 2. The van der Waals surface area contributed by atoms with Crippen molar-refractivity contribution in [2.75, 3.05) is 0 Å². The lowest BCUT2D eigenvalue weighted by molar-refractivity contribution is -0.146. The smallest absolute Gasteiger partial charge is 0.395 e. The molecule has 4 atom stereocenters. The monoisotopic (exact) mass is 479 g/mol. The van der Waals surface area contributed by atoms with Gasteiger partial charge in [0.05, 0.1) is 11.5 Å². The first-order valence-corrected chi connectivity index (χ1v) is 11.1. The third kappa shape index (κ3) is 3.07. The van der Waals surface area contributed by atoms with Crippen LogP contribution in [-0.4, -0.2) is 39.5 Å². The normalized spacial score (nSPS) is 27.9. The number of hydrogen-bond donors (Lipinski definition) is 3. The molecular formula is C24H24F3NO6. The van der Waals surface area contributed by atoms with Gasteiger partial charge in [-0.1, -0.05) is 19.9 Å². The number of amides is 1. The highest BCUT2D eigenvalue weighted by molar-refractivity contribution is 6.21. The van der Waals surface area contributed by atoms with Gasteiger partial charge in [0.15, 0.2) is 23.1 Å². The quantitative estimate of drug-likeness (QED) is 0.438. The van der Waals surface area contributed by atoms with E-state index in [1.165, 1.54) is 6.07 Å². The molecule has 0 radical (unpaired) electrons. The third-order valence-corrected chi connectivity index (χ3v) is 7.11. The summed E-state index contributed by atoms with van der Waals surface area (Å²) in [7, 11) is 0. The Morgan fingerprint density at radius 1 is 1.21 bits per heavy atom. The Bertz CT molecular complexity index is 1200. The summed E-state index contributed by atoms with van der Waals surface area (Å²) in [5.41, 5.74) is 3.13. The highest BCUT2D eigenvalue weighted by Crippen LogP contribution is 2.64. The van der Waals surface area contributed by atoms with Crippen molar-refractivity contribution in [3.63, 3.8) is 0 Å². The fourth-order valence-corrected chi connectivity index (χ4v) is 5.51. The van der Waals surface area contributed by atoms with Gasteiger partial charge in [0.25, 0.3) is 5.91 Å². The maximum absolute atomic E-state index is 13.4. The molecule has 0 bridgehead atoms. The van der Waals surface area contributed by atoms with Gasteiger partial charge in [-0.25, -0.2) is 0 Å². The number of rotatable bonds is 2. The molecule has 7 nitrogen and oxygen atoms in total. The van der Waals surface area contributed by atoms with Gasteiger partial charge in [0.1, 0.15) is 11.3 Å². The van der Waals surface area contributed by atoms with Gasteiger partial charge in [-0.05, 0) is 42.9 Å². The van der Waals surface area contributed by atoms with Crippen molar-refractivity contribution in [3.05, 3.63) is 51.5 Å². The molecule has 1 heterocycles. The Morgan fingerprint density at radius 2 is 1.85 bits per heavy atom. The molecule has 3 aliphatic carbocycles. The number of carbonyl (C=O) groups is 3. The molecule has 4 aliphatic rings. The van der Waals surface area contributed by atoms with Crippen LogP contribution < -0.4 is 5.73 Å². The van der Waals surface area contributed by atoms with Crippen LogP contribution in [0.2, 0.25) is 0 Å². The SMILES string of the molecule is CC.CC(c1ccc(O)c2c1CC1C[C@H]3CC(=O)C(C(N)=O)=C(O)[C@]34OC4=C1C2=O)C(F)(F)F.